The van der Waals surface area contributed by atoms with Crippen molar-refractivity contribution >= 4 is 32.5 Å². The van der Waals surface area contributed by atoms with Gasteiger partial charge in [0.2, 0.25) is 0 Å². The topological polar surface area (TPSA) is 0 Å². The normalized spacial score (nSPS) is 15.8. The monoisotopic (exact) mass is 593 g/mol. The van der Waals surface area contributed by atoms with Gasteiger partial charge in [-0.3, -0.25) is 0 Å². The van der Waals surface area contributed by atoms with Gasteiger partial charge in [-0.1, -0.05) is 0 Å². The Labute approximate surface area is 216 Å². The van der Waals surface area contributed by atoms with E-state index in [0.717, 1.165) is 6.42 Å². The summed E-state index contributed by atoms with van der Waals surface area (Å²) in [6.07, 6.45) is 7.83. The number of hydrogen-bond donors (Lipinski definition) is 0. The Kier molecular flexibility index (Phi) is 6.49. The second-order valence-electron chi connectivity index (χ2n) is 8.26. The standard InChI is InChI=1S/C18H13.2C6H5.Sn.Zr/c1-2-7-13(6-1)15-10-5-11-17-16-9-4-3-8-14(16)12-18(15)17;2*1-2-4-6-5-3-1;;/h1-6,8-12H,7H2;2*1-5H;;. The van der Waals surface area contributed by atoms with Crippen molar-refractivity contribution in [3.05, 3.63) is 138 Å². The van der Waals surface area contributed by atoms with Gasteiger partial charge in [-0.05, 0) is 0 Å². The summed E-state index contributed by atoms with van der Waals surface area (Å²) in [5.74, 6) is 0. The molecule has 0 saturated heterocycles. The number of benzene rings is 4. The van der Waals surface area contributed by atoms with Crippen molar-refractivity contribution in [3.8, 4) is 11.1 Å². The minimum absolute atomic E-state index is 0. The van der Waals surface area contributed by atoms with Crippen LogP contribution in [0.5, 0.6) is 0 Å². The van der Waals surface area contributed by atoms with Gasteiger partial charge in [-0.15, -0.1) is 0 Å². The molecule has 151 valence electrons. The van der Waals surface area contributed by atoms with Crippen molar-refractivity contribution < 1.29 is 26.2 Å². The van der Waals surface area contributed by atoms with Gasteiger partial charge in [0, 0.05) is 26.2 Å². The van der Waals surface area contributed by atoms with Crippen molar-refractivity contribution in [2.45, 2.75) is 10.4 Å². The minimum Gasteiger partial charge on any atom is 0 e. The van der Waals surface area contributed by atoms with Crippen LogP contribution in [0.3, 0.4) is 0 Å². The van der Waals surface area contributed by atoms with Crippen LogP contribution >= 0.6 is 0 Å². The SMILES string of the molecule is C1=CCC(c2cccc3c2[CH]([Sn]([c]2ccccc2)[c]2ccccc2)c2ccccc2-3)=C1.[Zr]. The summed E-state index contributed by atoms with van der Waals surface area (Å²) in [5, 5.41) is 0. The van der Waals surface area contributed by atoms with Crippen molar-refractivity contribution in [2.75, 3.05) is 0 Å². The van der Waals surface area contributed by atoms with E-state index in [0.29, 0.717) is 3.93 Å². The zero-order valence-electron chi connectivity index (χ0n) is 17.8. The van der Waals surface area contributed by atoms with Gasteiger partial charge in [0.25, 0.3) is 0 Å². The molecule has 0 bridgehead atoms. The van der Waals surface area contributed by atoms with Crippen LogP contribution in [0.2, 0.25) is 0 Å². The van der Waals surface area contributed by atoms with Gasteiger partial charge in [0.1, 0.15) is 0 Å². The summed E-state index contributed by atoms with van der Waals surface area (Å²) in [7, 11) is 0. The third-order valence-corrected chi connectivity index (χ3v) is 15.3. The van der Waals surface area contributed by atoms with E-state index in [1.165, 1.54) is 27.8 Å². The first-order valence-corrected chi connectivity index (χ1v) is 15.5. The predicted octanol–water partition coefficient (Wildman–Crippen LogP) is 5.99. The Morgan fingerprint density at radius 3 is 1.84 bits per heavy atom. The summed E-state index contributed by atoms with van der Waals surface area (Å²) in [5.41, 5.74) is 8.88. The van der Waals surface area contributed by atoms with E-state index in [2.05, 4.69) is 121 Å². The van der Waals surface area contributed by atoms with E-state index in [1.54, 1.807) is 12.7 Å². The molecular formula is C30H23SnZr. The number of rotatable bonds is 4. The molecule has 2 aliphatic carbocycles. The largest absolute Gasteiger partial charge is 0 e. The Hall–Kier alpha value is -1.96. The summed E-state index contributed by atoms with van der Waals surface area (Å²) >= 11 is -2.37. The van der Waals surface area contributed by atoms with Crippen molar-refractivity contribution in [1.82, 2.24) is 0 Å². The molecule has 0 aromatic heterocycles. The van der Waals surface area contributed by atoms with Crippen molar-refractivity contribution in [2.24, 2.45) is 0 Å². The molecule has 4 aromatic rings. The van der Waals surface area contributed by atoms with E-state index < -0.39 is 19.8 Å². The van der Waals surface area contributed by atoms with Crippen molar-refractivity contribution in [3.63, 3.8) is 0 Å². The van der Waals surface area contributed by atoms with Crippen molar-refractivity contribution in [1.29, 1.82) is 0 Å². The molecule has 1 unspecified atom stereocenters. The first-order chi connectivity index (χ1) is 15.4. The van der Waals surface area contributed by atoms with Crippen LogP contribution < -0.4 is 7.16 Å². The maximum atomic E-state index is 2.39. The predicted molar refractivity (Wildman–Crippen MR) is 133 cm³/mol. The summed E-state index contributed by atoms with van der Waals surface area (Å²) in [4.78, 5) is 0. The summed E-state index contributed by atoms with van der Waals surface area (Å²) < 4.78 is 3.62. The van der Waals surface area contributed by atoms with Gasteiger partial charge in [0.05, 0.1) is 0 Å². The first kappa shape index (κ1) is 21.9. The van der Waals surface area contributed by atoms with E-state index in [9.17, 15) is 0 Å². The van der Waals surface area contributed by atoms with Gasteiger partial charge < -0.3 is 0 Å². The molecule has 2 heteroatoms. The molecule has 0 spiro atoms. The Morgan fingerprint density at radius 1 is 0.594 bits per heavy atom. The number of allylic oxidation sites excluding steroid dienone is 4. The second kappa shape index (κ2) is 9.50. The van der Waals surface area contributed by atoms with E-state index in [-0.39, 0.29) is 26.2 Å². The minimum atomic E-state index is -2.37. The van der Waals surface area contributed by atoms with E-state index in [4.69, 9.17) is 0 Å². The molecule has 0 nitrogen and oxygen atoms in total. The molecule has 4 aromatic carbocycles. The Morgan fingerprint density at radius 2 is 1.19 bits per heavy atom. The number of hydrogen-bond acceptors (Lipinski definition) is 0. The molecule has 1 atom stereocenters. The number of fused-ring (bicyclic) bond motifs is 3. The molecule has 6 rings (SSSR count). The van der Waals surface area contributed by atoms with Gasteiger partial charge in [-0.25, -0.2) is 0 Å². The van der Waals surface area contributed by atoms with Gasteiger partial charge in [-0.2, -0.15) is 0 Å². The Balaban J connectivity index is 0.00000216. The average Bonchev–Trinajstić information content (AvgIpc) is 3.48. The molecule has 32 heavy (non-hydrogen) atoms. The Bertz CT molecular complexity index is 1270. The van der Waals surface area contributed by atoms with E-state index >= 15 is 0 Å². The van der Waals surface area contributed by atoms with Crippen LogP contribution in [0.25, 0.3) is 16.7 Å². The molecule has 0 saturated carbocycles. The van der Waals surface area contributed by atoms with Crippen LogP contribution in [-0.2, 0) is 26.2 Å². The van der Waals surface area contributed by atoms with Gasteiger partial charge in [0.15, 0.2) is 0 Å². The fourth-order valence-electron chi connectivity index (χ4n) is 5.22. The quantitative estimate of drug-likeness (QED) is 0.255. The fourth-order valence-corrected chi connectivity index (χ4v) is 14.5. The summed E-state index contributed by atoms with van der Waals surface area (Å²) in [6.45, 7) is 0. The van der Waals surface area contributed by atoms with Crippen LogP contribution in [0, 0.1) is 0 Å². The molecule has 0 heterocycles. The smallest absolute Gasteiger partial charge is 0 e. The summed E-state index contributed by atoms with van der Waals surface area (Å²) in [6, 6.07) is 38.8. The first-order valence-electron chi connectivity index (χ1n) is 11.0. The molecule has 2 aliphatic rings. The zero-order valence-corrected chi connectivity index (χ0v) is 23.1. The van der Waals surface area contributed by atoms with Crippen LogP contribution in [-0.4, -0.2) is 19.8 Å². The molecule has 1 radical (unpaired) electrons. The molecular weight excluding hydrogens is 570 g/mol. The molecule has 0 amide bonds. The van der Waals surface area contributed by atoms with E-state index in [1.807, 2.05) is 0 Å². The second-order valence-corrected chi connectivity index (χ2v) is 15.6. The zero-order chi connectivity index (χ0) is 20.6. The maximum Gasteiger partial charge on any atom is 0 e. The third kappa shape index (κ3) is 3.74. The fraction of sp³-hybridized carbons (Fsp3) is 0.0667. The molecule has 0 aliphatic heterocycles. The average molecular weight is 593 g/mol. The van der Waals surface area contributed by atoms with Crippen LogP contribution in [0.4, 0.5) is 0 Å². The van der Waals surface area contributed by atoms with Gasteiger partial charge >= 0.3 is 192 Å². The third-order valence-electron chi connectivity index (χ3n) is 6.53. The maximum absolute atomic E-state index is 2.39. The molecule has 0 fully saturated rings. The van der Waals surface area contributed by atoms with Crippen LogP contribution in [0.1, 0.15) is 27.0 Å². The molecule has 0 N–H and O–H groups in total. The van der Waals surface area contributed by atoms with Crippen LogP contribution in [0.15, 0.2) is 121 Å².